The SMILES string of the molecule is Nc1ccc([N+](=O)[O-])c(N2CCC(n3ncc4ccccc43)C2)c1. The maximum atomic E-state index is 11.3. The van der Waals surface area contributed by atoms with Gasteiger partial charge in [0.2, 0.25) is 0 Å². The number of hydrogen-bond donors (Lipinski definition) is 1. The Labute approximate surface area is 138 Å². The first-order chi connectivity index (χ1) is 11.6. The van der Waals surface area contributed by atoms with E-state index >= 15 is 0 Å². The van der Waals surface area contributed by atoms with Gasteiger partial charge >= 0.3 is 0 Å². The average Bonchev–Trinajstić information content (AvgIpc) is 3.21. The van der Waals surface area contributed by atoms with E-state index in [1.54, 1.807) is 12.1 Å². The molecule has 3 aromatic rings. The molecule has 0 bridgehead atoms. The second kappa shape index (κ2) is 5.52. The second-order valence-corrected chi connectivity index (χ2v) is 6.04. The van der Waals surface area contributed by atoms with Crippen LogP contribution in [0.15, 0.2) is 48.7 Å². The molecule has 1 unspecified atom stereocenters. The van der Waals surface area contributed by atoms with E-state index in [1.807, 2.05) is 40.0 Å². The number of nitrogens with two attached hydrogens (primary N) is 1. The molecule has 7 heteroatoms. The molecular formula is C17H17N5O2. The number of fused-ring (bicyclic) bond motifs is 1. The van der Waals surface area contributed by atoms with Crippen molar-refractivity contribution in [3.63, 3.8) is 0 Å². The number of para-hydroxylation sites is 1. The molecule has 1 fully saturated rings. The fraction of sp³-hybridized carbons (Fsp3) is 0.235. The highest BCUT2D eigenvalue weighted by atomic mass is 16.6. The number of nitrogen functional groups attached to an aromatic ring is 1. The minimum absolute atomic E-state index is 0.0928. The van der Waals surface area contributed by atoms with Crippen LogP contribution in [-0.2, 0) is 0 Å². The van der Waals surface area contributed by atoms with Crippen molar-refractivity contribution in [3.8, 4) is 0 Å². The van der Waals surface area contributed by atoms with E-state index in [9.17, 15) is 10.1 Å². The summed E-state index contributed by atoms with van der Waals surface area (Å²) in [6.45, 7) is 1.42. The first kappa shape index (κ1) is 14.5. The van der Waals surface area contributed by atoms with Crippen molar-refractivity contribution in [2.75, 3.05) is 23.7 Å². The largest absolute Gasteiger partial charge is 0.399 e. The molecule has 122 valence electrons. The van der Waals surface area contributed by atoms with Gasteiger partial charge in [-0.2, -0.15) is 5.10 Å². The van der Waals surface area contributed by atoms with Gasteiger partial charge in [-0.1, -0.05) is 18.2 Å². The van der Waals surface area contributed by atoms with Crippen LogP contribution in [0.1, 0.15) is 12.5 Å². The smallest absolute Gasteiger partial charge is 0.292 e. The Kier molecular flexibility index (Phi) is 3.34. The van der Waals surface area contributed by atoms with E-state index in [1.165, 1.54) is 6.07 Å². The first-order valence-corrected chi connectivity index (χ1v) is 7.84. The predicted octanol–water partition coefficient (Wildman–Crippen LogP) is 2.98. The summed E-state index contributed by atoms with van der Waals surface area (Å²) in [6, 6.07) is 13.0. The maximum absolute atomic E-state index is 11.3. The molecule has 2 heterocycles. The fourth-order valence-electron chi connectivity index (χ4n) is 3.39. The summed E-state index contributed by atoms with van der Waals surface area (Å²) in [5.74, 6) is 0. The predicted molar refractivity (Wildman–Crippen MR) is 93.1 cm³/mol. The first-order valence-electron chi connectivity index (χ1n) is 7.84. The lowest BCUT2D eigenvalue weighted by Crippen LogP contribution is -2.22. The van der Waals surface area contributed by atoms with Gasteiger partial charge in [-0.15, -0.1) is 0 Å². The van der Waals surface area contributed by atoms with Gasteiger partial charge in [0.15, 0.2) is 0 Å². The van der Waals surface area contributed by atoms with Crippen LogP contribution >= 0.6 is 0 Å². The Morgan fingerprint density at radius 3 is 2.92 bits per heavy atom. The number of nitro benzene ring substituents is 1. The van der Waals surface area contributed by atoms with Gasteiger partial charge in [-0.3, -0.25) is 14.8 Å². The van der Waals surface area contributed by atoms with Crippen LogP contribution in [-0.4, -0.2) is 27.8 Å². The summed E-state index contributed by atoms with van der Waals surface area (Å²) in [5.41, 5.74) is 8.13. The monoisotopic (exact) mass is 323 g/mol. The number of anilines is 2. The van der Waals surface area contributed by atoms with Gasteiger partial charge in [-0.25, -0.2) is 0 Å². The van der Waals surface area contributed by atoms with Crippen molar-refractivity contribution in [1.29, 1.82) is 0 Å². The molecule has 0 radical (unpaired) electrons. The van der Waals surface area contributed by atoms with Gasteiger partial charge in [0, 0.05) is 30.2 Å². The van der Waals surface area contributed by atoms with E-state index in [0.717, 1.165) is 23.9 Å². The molecule has 4 rings (SSSR count). The molecule has 1 aliphatic heterocycles. The van der Waals surface area contributed by atoms with Crippen LogP contribution in [0.25, 0.3) is 10.9 Å². The summed E-state index contributed by atoms with van der Waals surface area (Å²) < 4.78 is 2.02. The lowest BCUT2D eigenvalue weighted by atomic mass is 10.2. The molecule has 7 nitrogen and oxygen atoms in total. The Balaban J connectivity index is 1.66. The molecule has 1 saturated heterocycles. The Morgan fingerprint density at radius 1 is 1.25 bits per heavy atom. The van der Waals surface area contributed by atoms with Crippen LogP contribution in [0, 0.1) is 10.1 Å². The van der Waals surface area contributed by atoms with Crippen molar-refractivity contribution in [2.45, 2.75) is 12.5 Å². The quantitative estimate of drug-likeness (QED) is 0.454. The van der Waals surface area contributed by atoms with Crippen LogP contribution in [0.4, 0.5) is 17.1 Å². The molecule has 0 amide bonds. The van der Waals surface area contributed by atoms with Crippen LogP contribution in [0.3, 0.4) is 0 Å². The lowest BCUT2D eigenvalue weighted by molar-refractivity contribution is -0.384. The molecule has 1 atom stereocenters. The third-order valence-corrected chi connectivity index (χ3v) is 4.55. The Morgan fingerprint density at radius 2 is 2.08 bits per heavy atom. The minimum atomic E-state index is -0.356. The van der Waals surface area contributed by atoms with Crippen molar-refractivity contribution >= 4 is 28.0 Å². The van der Waals surface area contributed by atoms with Gasteiger partial charge in [0.25, 0.3) is 5.69 Å². The molecule has 2 aromatic carbocycles. The van der Waals surface area contributed by atoms with Crippen molar-refractivity contribution in [2.24, 2.45) is 0 Å². The normalized spacial score (nSPS) is 17.5. The van der Waals surface area contributed by atoms with E-state index in [-0.39, 0.29) is 16.7 Å². The highest BCUT2D eigenvalue weighted by molar-refractivity contribution is 5.78. The molecule has 0 saturated carbocycles. The van der Waals surface area contributed by atoms with E-state index < -0.39 is 0 Å². The van der Waals surface area contributed by atoms with Crippen LogP contribution < -0.4 is 10.6 Å². The summed E-state index contributed by atoms with van der Waals surface area (Å²) >= 11 is 0. The molecule has 0 spiro atoms. The van der Waals surface area contributed by atoms with Crippen LogP contribution in [0.2, 0.25) is 0 Å². The number of nitrogens with zero attached hydrogens (tertiary/aromatic N) is 4. The van der Waals surface area contributed by atoms with Gasteiger partial charge in [0.05, 0.1) is 22.7 Å². The van der Waals surface area contributed by atoms with Crippen molar-refractivity contribution < 1.29 is 4.92 Å². The molecular weight excluding hydrogens is 306 g/mol. The number of benzene rings is 2. The highest BCUT2D eigenvalue weighted by Gasteiger charge is 2.29. The number of rotatable bonds is 3. The molecule has 24 heavy (non-hydrogen) atoms. The Hall–Kier alpha value is -3.09. The summed E-state index contributed by atoms with van der Waals surface area (Å²) in [4.78, 5) is 13.0. The molecule has 1 aliphatic rings. The van der Waals surface area contributed by atoms with E-state index in [2.05, 4.69) is 5.10 Å². The maximum Gasteiger partial charge on any atom is 0.292 e. The van der Waals surface area contributed by atoms with Crippen molar-refractivity contribution in [1.82, 2.24) is 9.78 Å². The summed E-state index contributed by atoms with van der Waals surface area (Å²) in [7, 11) is 0. The average molecular weight is 323 g/mol. The summed E-state index contributed by atoms with van der Waals surface area (Å²) in [6.07, 6.45) is 2.75. The second-order valence-electron chi connectivity index (χ2n) is 6.04. The zero-order valence-electron chi connectivity index (χ0n) is 13.0. The van der Waals surface area contributed by atoms with Crippen molar-refractivity contribution in [3.05, 3.63) is 58.8 Å². The van der Waals surface area contributed by atoms with E-state index in [4.69, 9.17) is 5.73 Å². The van der Waals surface area contributed by atoms with Crippen LogP contribution in [0.5, 0.6) is 0 Å². The van der Waals surface area contributed by atoms with E-state index in [0.29, 0.717) is 17.9 Å². The third kappa shape index (κ3) is 2.34. The summed E-state index contributed by atoms with van der Waals surface area (Å²) in [5, 5.41) is 16.9. The van der Waals surface area contributed by atoms with Gasteiger partial charge in [0.1, 0.15) is 5.69 Å². The zero-order valence-corrected chi connectivity index (χ0v) is 13.0. The number of nitro groups is 1. The standard InChI is InChI=1S/C17H17N5O2/c18-13-5-6-16(22(23)24)17(9-13)20-8-7-14(11-20)21-15-4-2-1-3-12(15)10-19-21/h1-6,9-10,14H,7-8,11,18H2. The third-order valence-electron chi connectivity index (χ3n) is 4.55. The molecule has 2 N–H and O–H groups in total. The topological polar surface area (TPSA) is 90.2 Å². The van der Waals surface area contributed by atoms with Gasteiger partial charge in [-0.05, 0) is 24.6 Å². The molecule has 1 aromatic heterocycles. The zero-order chi connectivity index (χ0) is 16.7. The molecule has 0 aliphatic carbocycles. The lowest BCUT2D eigenvalue weighted by Gasteiger charge is -2.19. The number of aromatic nitrogens is 2. The number of hydrogen-bond acceptors (Lipinski definition) is 5. The minimum Gasteiger partial charge on any atom is -0.399 e. The Bertz CT molecular complexity index is 920. The fourth-order valence-corrected chi connectivity index (χ4v) is 3.39. The highest BCUT2D eigenvalue weighted by Crippen LogP contribution is 2.35. The van der Waals surface area contributed by atoms with Gasteiger partial charge < -0.3 is 10.6 Å².